The van der Waals surface area contributed by atoms with Crippen molar-refractivity contribution >= 4 is 15.9 Å². The first-order valence-corrected chi connectivity index (χ1v) is 7.97. The van der Waals surface area contributed by atoms with Crippen molar-refractivity contribution < 1.29 is 4.42 Å². The fourth-order valence-electron chi connectivity index (χ4n) is 2.39. The topological polar surface area (TPSA) is 25.2 Å². The van der Waals surface area contributed by atoms with Crippen molar-refractivity contribution in [3.05, 3.63) is 58.0 Å². The van der Waals surface area contributed by atoms with Crippen molar-refractivity contribution in [1.29, 1.82) is 0 Å². The predicted molar refractivity (Wildman–Crippen MR) is 86.9 cm³/mol. The molecule has 0 aliphatic carbocycles. The van der Waals surface area contributed by atoms with Crippen molar-refractivity contribution in [2.24, 2.45) is 5.92 Å². The Labute approximate surface area is 129 Å². The maximum atomic E-state index is 5.70. The molecule has 2 rings (SSSR count). The molecule has 0 amide bonds. The maximum absolute atomic E-state index is 5.70. The standard InChI is InChI=1S/C17H22BrNO/c1-4-19-17(15-9-10-16(18)20-15)14-7-5-13(6-8-14)11-12(2)3/h5-10,12,17,19H,4,11H2,1-3H3. The Kier molecular flexibility index (Phi) is 5.44. The Balaban J connectivity index is 2.21. The lowest BCUT2D eigenvalue weighted by atomic mass is 9.98. The van der Waals surface area contributed by atoms with E-state index >= 15 is 0 Å². The molecule has 0 spiro atoms. The van der Waals surface area contributed by atoms with Crippen LogP contribution in [0, 0.1) is 5.92 Å². The molecule has 2 aromatic rings. The number of benzene rings is 1. The molecule has 0 fully saturated rings. The average molecular weight is 336 g/mol. The number of hydrogen-bond donors (Lipinski definition) is 1. The van der Waals surface area contributed by atoms with Gasteiger partial charge in [-0.2, -0.15) is 0 Å². The van der Waals surface area contributed by atoms with Gasteiger partial charge in [-0.05, 0) is 58.1 Å². The molecule has 1 atom stereocenters. The van der Waals surface area contributed by atoms with Crippen LogP contribution in [0.1, 0.15) is 43.7 Å². The van der Waals surface area contributed by atoms with Crippen LogP contribution in [0.3, 0.4) is 0 Å². The molecule has 108 valence electrons. The molecule has 1 heterocycles. The van der Waals surface area contributed by atoms with Crippen LogP contribution < -0.4 is 5.32 Å². The fraction of sp³-hybridized carbons (Fsp3) is 0.412. The van der Waals surface area contributed by atoms with E-state index in [-0.39, 0.29) is 6.04 Å². The van der Waals surface area contributed by atoms with Crippen LogP contribution in [-0.4, -0.2) is 6.54 Å². The Morgan fingerprint density at radius 2 is 1.80 bits per heavy atom. The van der Waals surface area contributed by atoms with Gasteiger partial charge in [-0.15, -0.1) is 0 Å². The lowest BCUT2D eigenvalue weighted by Crippen LogP contribution is -2.21. The molecule has 20 heavy (non-hydrogen) atoms. The van der Waals surface area contributed by atoms with Crippen molar-refractivity contribution in [3.63, 3.8) is 0 Å². The lowest BCUT2D eigenvalue weighted by molar-refractivity contribution is 0.437. The van der Waals surface area contributed by atoms with Crippen LogP contribution in [0.25, 0.3) is 0 Å². The number of nitrogens with one attached hydrogen (secondary N) is 1. The molecular formula is C17H22BrNO. The van der Waals surface area contributed by atoms with Crippen molar-refractivity contribution in [1.82, 2.24) is 5.32 Å². The fourth-order valence-corrected chi connectivity index (χ4v) is 2.71. The second-order valence-corrected chi connectivity index (χ2v) is 6.25. The summed E-state index contributed by atoms with van der Waals surface area (Å²) >= 11 is 3.37. The first kappa shape index (κ1) is 15.3. The third-order valence-electron chi connectivity index (χ3n) is 3.24. The highest BCUT2D eigenvalue weighted by Gasteiger charge is 2.16. The van der Waals surface area contributed by atoms with Gasteiger partial charge in [-0.25, -0.2) is 0 Å². The highest BCUT2D eigenvalue weighted by molar-refractivity contribution is 9.10. The SMILES string of the molecule is CCNC(c1ccc(CC(C)C)cc1)c1ccc(Br)o1. The van der Waals surface area contributed by atoms with Gasteiger partial charge >= 0.3 is 0 Å². The molecule has 0 saturated heterocycles. The zero-order chi connectivity index (χ0) is 14.5. The minimum atomic E-state index is 0.111. The molecule has 0 saturated carbocycles. The molecule has 3 heteroatoms. The van der Waals surface area contributed by atoms with Crippen LogP contribution in [0.15, 0.2) is 45.5 Å². The summed E-state index contributed by atoms with van der Waals surface area (Å²) in [5, 5.41) is 3.47. The van der Waals surface area contributed by atoms with Crippen LogP contribution >= 0.6 is 15.9 Å². The quantitative estimate of drug-likeness (QED) is 0.808. The first-order valence-electron chi connectivity index (χ1n) is 7.17. The van der Waals surface area contributed by atoms with Crippen LogP contribution in [0.2, 0.25) is 0 Å². The van der Waals surface area contributed by atoms with E-state index < -0.39 is 0 Å². The monoisotopic (exact) mass is 335 g/mol. The van der Waals surface area contributed by atoms with Gasteiger partial charge in [-0.1, -0.05) is 45.0 Å². The van der Waals surface area contributed by atoms with Gasteiger partial charge in [-0.3, -0.25) is 0 Å². The Morgan fingerprint density at radius 3 is 2.30 bits per heavy atom. The van der Waals surface area contributed by atoms with E-state index in [1.165, 1.54) is 11.1 Å². The highest BCUT2D eigenvalue weighted by Crippen LogP contribution is 2.26. The second-order valence-electron chi connectivity index (χ2n) is 5.47. The van der Waals surface area contributed by atoms with Gasteiger partial charge in [0, 0.05) is 0 Å². The Hall–Kier alpha value is -1.06. The number of furan rings is 1. The number of rotatable bonds is 6. The maximum Gasteiger partial charge on any atom is 0.169 e. The second kappa shape index (κ2) is 7.09. The van der Waals surface area contributed by atoms with Gasteiger partial charge in [0.2, 0.25) is 0 Å². The molecule has 0 aliphatic rings. The minimum Gasteiger partial charge on any atom is -0.452 e. The molecule has 0 radical (unpaired) electrons. The van der Waals surface area contributed by atoms with E-state index in [0.717, 1.165) is 23.4 Å². The number of hydrogen-bond acceptors (Lipinski definition) is 2. The van der Waals surface area contributed by atoms with Gasteiger partial charge in [0.15, 0.2) is 4.67 Å². The van der Waals surface area contributed by atoms with Crippen LogP contribution in [0.5, 0.6) is 0 Å². The van der Waals surface area contributed by atoms with E-state index in [1.54, 1.807) is 0 Å². The summed E-state index contributed by atoms with van der Waals surface area (Å²) in [6.45, 7) is 7.50. The Morgan fingerprint density at radius 1 is 1.10 bits per heavy atom. The molecule has 1 aromatic carbocycles. The first-order chi connectivity index (χ1) is 9.60. The normalized spacial score (nSPS) is 12.8. The van der Waals surface area contributed by atoms with Crippen molar-refractivity contribution in [2.45, 2.75) is 33.2 Å². The summed E-state index contributed by atoms with van der Waals surface area (Å²) in [5.74, 6) is 1.63. The highest BCUT2D eigenvalue weighted by atomic mass is 79.9. The van der Waals surface area contributed by atoms with Crippen molar-refractivity contribution in [3.8, 4) is 0 Å². The molecule has 1 N–H and O–H groups in total. The summed E-state index contributed by atoms with van der Waals surface area (Å²) < 4.78 is 6.47. The third-order valence-corrected chi connectivity index (χ3v) is 3.67. The molecule has 0 aliphatic heterocycles. The van der Waals surface area contributed by atoms with E-state index in [0.29, 0.717) is 5.92 Å². The summed E-state index contributed by atoms with van der Waals surface area (Å²) in [5.41, 5.74) is 2.63. The van der Waals surface area contributed by atoms with Crippen molar-refractivity contribution in [2.75, 3.05) is 6.54 Å². The third kappa shape index (κ3) is 3.97. The molecule has 0 bridgehead atoms. The molecule has 2 nitrogen and oxygen atoms in total. The summed E-state index contributed by atoms with van der Waals surface area (Å²) in [6.07, 6.45) is 1.12. The van der Waals surface area contributed by atoms with E-state index in [4.69, 9.17) is 4.42 Å². The number of halogens is 1. The largest absolute Gasteiger partial charge is 0.452 e. The zero-order valence-electron chi connectivity index (χ0n) is 12.3. The van der Waals surface area contributed by atoms with Gasteiger partial charge in [0.05, 0.1) is 6.04 Å². The van der Waals surface area contributed by atoms with Gasteiger partial charge in [0.1, 0.15) is 5.76 Å². The van der Waals surface area contributed by atoms with E-state index in [1.807, 2.05) is 12.1 Å². The Bertz CT molecular complexity index is 530. The van der Waals surface area contributed by atoms with Gasteiger partial charge in [0.25, 0.3) is 0 Å². The van der Waals surface area contributed by atoms with E-state index in [2.05, 4.69) is 66.3 Å². The average Bonchev–Trinajstić information content (AvgIpc) is 2.83. The molecule has 1 aromatic heterocycles. The zero-order valence-corrected chi connectivity index (χ0v) is 13.9. The summed E-state index contributed by atoms with van der Waals surface area (Å²) in [6, 6.07) is 12.9. The minimum absolute atomic E-state index is 0.111. The predicted octanol–water partition coefficient (Wildman–Crippen LogP) is 4.94. The van der Waals surface area contributed by atoms with E-state index in [9.17, 15) is 0 Å². The lowest BCUT2D eigenvalue weighted by Gasteiger charge is -2.16. The smallest absolute Gasteiger partial charge is 0.169 e. The van der Waals surface area contributed by atoms with Gasteiger partial charge < -0.3 is 9.73 Å². The summed E-state index contributed by atoms with van der Waals surface area (Å²) in [4.78, 5) is 0. The van der Waals surface area contributed by atoms with Crippen LogP contribution in [-0.2, 0) is 6.42 Å². The molecular weight excluding hydrogens is 314 g/mol. The summed E-state index contributed by atoms with van der Waals surface area (Å²) in [7, 11) is 0. The molecule has 1 unspecified atom stereocenters. The van der Waals surface area contributed by atoms with Crippen LogP contribution in [0.4, 0.5) is 0 Å².